The zero-order chi connectivity index (χ0) is 23.3. The molecule has 1 aliphatic carbocycles. The first-order valence-electron chi connectivity index (χ1n) is 10.4. The number of carbonyl (C=O) groups excluding carboxylic acids is 2. The average molecular weight is 434 g/mol. The molecule has 0 spiro atoms. The van der Waals surface area contributed by atoms with Crippen LogP contribution in [-0.2, 0) is 25.5 Å². The quantitative estimate of drug-likeness (QED) is 0.260. The van der Waals surface area contributed by atoms with Crippen molar-refractivity contribution in [1.82, 2.24) is 0 Å². The van der Waals surface area contributed by atoms with E-state index in [4.69, 9.17) is 13.9 Å². The van der Waals surface area contributed by atoms with E-state index in [1.807, 2.05) is 24.3 Å². The van der Waals surface area contributed by atoms with E-state index in [1.165, 1.54) is 0 Å². The van der Waals surface area contributed by atoms with E-state index >= 15 is 0 Å². The normalized spacial score (nSPS) is 15.2. The summed E-state index contributed by atoms with van der Waals surface area (Å²) in [5, 5.41) is 0.808. The number of carbonyl (C=O) groups is 2. The summed E-state index contributed by atoms with van der Waals surface area (Å²) in [5.41, 5.74) is 2.96. The molecule has 0 aliphatic heterocycles. The van der Waals surface area contributed by atoms with Crippen molar-refractivity contribution < 1.29 is 23.5 Å². The van der Waals surface area contributed by atoms with Crippen molar-refractivity contribution in [2.45, 2.75) is 39.2 Å². The second kappa shape index (κ2) is 10.1. The molecular weight excluding hydrogens is 408 g/mol. The Kier molecular flexibility index (Phi) is 7.25. The SMILES string of the molecule is C=C(C)C(=O)OCCCc1ccc2cc(C3=CCC(OC(=O)C(=C)C)C=C3)c(=O)oc2c1. The number of ether oxygens (including phenoxy) is 2. The molecule has 32 heavy (non-hydrogen) atoms. The van der Waals surface area contributed by atoms with E-state index in [2.05, 4.69) is 13.2 Å². The maximum Gasteiger partial charge on any atom is 0.344 e. The van der Waals surface area contributed by atoms with Gasteiger partial charge in [-0.25, -0.2) is 14.4 Å². The molecule has 1 heterocycles. The molecule has 0 N–H and O–H groups in total. The van der Waals surface area contributed by atoms with Crippen LogP contribution in [0.5, 0.6) is 0 Å². The molecule has 6 nitrogen and oxygen atoms in total. The minimum Gasteiger partial charge on any atom is -0.462 e. The number of fused-ring (bicyclic) bond motifs is 1. The Balaban J connectivity index is 1.67. The number of esters is 2. The summed E-state index contributed by atoms with van der Waals surface area (Å²) in [6.45, 7) is 10.6. The lowest BCUT2D eigenvalue weighted by atomic mass is 9.98. The lowest BCUT2D eigenvalue weighted by Gasteiger charge is -2.17. The Morgan fingerprint density at radius 3 is 2.53 bits per heavy atom. The zero-order valence-corrected chi connectivity index (χ0v) is 18.3. The molecule has 1 aromatic heterocycles. The monoisotopic (exact) mass is 434 g/mol. The Morgan fingerprint density at radius 2 is 1.88 bits per heavy atom. The molecule has 0 saturated heterocycles. The van der Waals surface area contributed by atoms with Crippen molar-refractivity contribution in [1.29, 1.82) is 0 Å². The highest BCUT2D eigenvalue weighted by molar-refractivity contribution is 5.88. The van der Waals surface area contributed by atoms with E-state index in [-0.39, 0.29) is 6.10 Å². The number of allylic oxidation sites excluding steroid dienone is 2. The second-order valence-corrected chi connectivity index (χ2v) is 7.82. The number of hydrogen-bond donors (Lipinski definition) is 0. The number of hydrogen-bond acceptors (Lipinski definition) is 6. The molecule has 3 rings (SSSR count). The number of benzene rings is 1. The van der Waals surface area contributed by atoms with Crippen LogP contribution < -0.4 is 5.63 Å². The fraction of sp³-hybridized carbons (Fsp3) is 0.269. The van der Waals surface area contributed by atoms with Crippen LogP contribution in [0.2, 0.25) is 0 Å². The van der Waals surface area contributed by atoms with Crippen molar-refractivity contribution in [3.05, 3.63) is 88.3 Å². The Hall–Kier alpha value is -3.67. The molecule has 0 radical (unpaired) electrons. The third-order valence-electron chi connectivity index (χ3n) is 4.97. The summed E-state index contributed by atoms with van der Waals surface area (Å²) in [7, 11) is 0. The first-order chi connectivity index (χ1) is 15.2. The Morgan fingerprint density at radius 1 is 1.12 bits per heavy atom. The first-order valence-corrected chi connectivity index (χ1v) is 10.4. The van der Waals surface area contributed by atoms with E-state index in [0.717, 1.165) is 16.5 Å². The number of rotatable bonds is 8. The fourth-order valence-corrected chi connectivity index (χ4v) is 3.20. The minimum atomic E-state index is -0.438. The summed E-state index contributed by atoms with van der Waals surface area (Å²) in [6, 6.07) is 7.50. The highest BCUT2D eigenvalue weighted by Gasteiger charge is 2.17. The van der Waals surface area contributed by atoms with Gasteiger partial charge in [-0.2, -0.15) is 0 Å². The largest absolute Gasteiger partial charge is 0.462 e. The smallest absolute Gasteiger partial charge is 0.344 e. The van der Waals surface area contributed by atoms with Crippen LogP contribution in [0.4, 0.5) is 0 Å². The van der Waals surface area contributed by atoms with Gasteiger partial charge in [-0.15, -0.1) is 0 Å². The van der Waals surface area contributed by atoms with Gasteiger partial charge in [-0.1, -0.05) is 37.4 Å². The van der Waals surface area contributed by atoms with Crippen molar-refractivity contribution in [2.24, 2.45) is 0 Å². The van der Waals surface area contributed by atoms with Crippen molar-refractivity contribution in [3.8, 4) is 0 Å². The van der Waals surface area contributed by atoms with Gasteiger partial charge in [0.25, 0.3) is 0 Å². The lowest BCUT2D eigenvalue weighted by molar-refractivity contribution is -0.142. The van der Waals surface area contributed by atoms with E-state index in [1.54, 1.807) is 32.1 Å². The third-order valence-corrected chi connectivity index (χ3v) is 4.97. The van der Waals surface area contributed by atoms with E-state index < -0.39 is 17.6 Å². The highest BCUT2D eigenvalue weighted by Crippen LogP contribution is 2.24. The molecular formula is C26H26O6. The van der Waals surface area contributed by atoms with Crippen LogP contribution in [0.1, 0.15) is 37.8 Å². The summed E-state index contributed by atoms with van der Waals surface area (Å²) in [4.78, 5) is 35.7. The Bertz CT molecular complexity index is 1190. The summed E-state index contributed by atoms with van der Waals surface area (Å²) < 4.78 is 16.0. The number of aryl methyl sites for hydroxylation is 1. The fourth-order valence-electron chi connectivity index (χ4n) is 3.20. The third kappa shape index (κ3) is 5.72. The maximum atomic E-state index is 12.6. The summed E-state index contributed by atoms with van der Waals surface area (Å²) >= 11 is 0. The van der Waals surface area contributed by atoms with Crippen molar-refractivity contribution >= 4 is 28.5 Å². The summed E-state index contributed by atoms with van der Waals surface area (Å²) in [6.07, 6.45) is 6.80. The first kappa shape index (κ1) is 23.0. The van der Waals surface area contributed by atoms with Crippen molar-refractivity contribution in [2.75, 3.05) is 6.61 Å². The molecule has 1 atom stereocenters. The summed E-state index contributed by atoms with van der Waals surface area (Å²) in [5.74, 6) is -0.833. The minimum absolute atomic E-state index is 0.301. The van der Waals surface area contributed by atoms with Crippen LogP contribution in [0.25, 0.3) is 16.5 Å². The van der Waals surface area contributed by atoms with Crippen LogP contribution in [-0.4, -0.2) is 24.6 Å². The van der Waals surface area contributed by atoms with Crippen LogP contribution in [0, 0.1) is 0 Å². The topological polar surface area (TPSA) is 82.8 Å². The van der Waals surface area contributed by atoms with Gasteiger partial charge in [0.15, 0.2) is 0 Å². The second-order valence-electron chi connectivity index (χ2n) is 7.82. The molecule has 1 unspecified atom stereocenters. The predicted molar refractivity (Wildman–Crippen MR) is 123 cm³/mol. The maximum absolute atomic E-state index is 12.6. The van der Waals surface area contributed by atoms with Gasteiger partial charge in [-0.05, 0) is 56.0 Å². The molecule has 6 heteroatoms. The average Bonchev–Trinajstić information content (AvgIpc) is 2.76. The van der Waals surface area contributed by atoms with Crippen LogP contribution >= 0.6 is 0 Å². The van der Waals surface area contributed by atoms with Gasteiger partial charge in [0.1, 0.15) is 11.7 Å². The van der Waals surface area contributed by atoms with Gasteiger partial charge in [0.2, 0.25) is 0 Å². The van der Waals surface area contributed by atoms with E-state index in [9.17, 15) is 14.4 Å². The molecule has 2 aromatic rings. The molecule has 0 fully saturated rings. The zero-order valence-electron chi connectivity index (χ0n) is 18.3. The molecule has 1 aliphatic rings. The van der Waals surface area contributed by atoms with Gasteiger partial charge in [-0.3, -0.25) is 0 Å². The highest BCUT2D eigenvalue weighted by atomic mass is 16.5. The lowest BCUT2D eigenvalue weighted by Crippen LogP contribution is -2.18. The van der Waals surface area contributed by atoms with Crippen LogP contribution in [0.3, 0.4) is 0 Å². The van der Waals surface area contributed by atoms with E-state index in [0.29, 0.717) is 48.2 Å². The standard InChI is InChI=1S/C26H26O6/c1-16(2)24(27)30-13-5-6-18-7-8-20-15-22(26(29)32-23(20)14-18)19-9-11-21(12-10-19)31-25(28)17(3)4/h7-11,14-15,21H,1,3,5-6,12-13H2,2,4H3. The molecule has 166 valence electrons. The molecule has 0 bridgehead atoms. The van der Waals surface area contributed by atoms with Crippen molar-refractivity contribution in [3.63, 3.8) is 0 Å². The predicted octanol–water partition coefficient (Wildman–Crippen LogP) is 4.68. The Labute approximate surface area is 186 Å². The van der Waals surface area contributed by atoms with Gasteiger partial charge < -0.3 is 13.9 Å². The van der Waals surface area contributed by atoms with Gasteiger partial charge >= 0.3 is 17.6 Å². The molecule has 1 aromatic carbocycles. The van der Waals surface area contributed by atoms with Gasteiger partial charge in [0.05, 0.1) is 12.2 Å². The molecule has 0 amide bonds. The van der Waals surface area contributed by atoms with Gasteiger partial charge in [0, 0.05) is 23.0 Å². The molecule has 0 saturated carbocycles. The van der Waals surface area contributed by atoms with Crippen LogP contribution in [0.15, 0.2) is 76.0 Å².